The Hall–Kier alpha value is -4.82. The van der Waals surface area contributed by atoms with Crippen LogP contribution in [0.1, 0.15) is 73.4 Å². The number of halogens is 1. The molecule has 2 N–H and O–H groups in total. The summed E-state index contributed by atoms with van der Waals surface area (Å²) in [6, 6.07) is 16.5. The minimum Gasteiger partial charge on any atom is -0.487 e. The van der Waals surface area contributed by atoms with Crippen molar-refractivity contribution in [3.05, 3.63) is 101 Å². The van der Waals surface area contributed by atoms with E-state index in [2.05, 4.69) is 28.9 Å². The van der Waals surface area contributed by atoms with Crippen molar-refractivity contribution in [1.29, 1.82) is 0 Å². The molecule has 1 aromatic heterocycles. The number of alkyl halides is 1. The van der Waals surface area contributed by atoms with Crippen LogP contribution in [0.3, 0.4) is 0 Å². The van der Waals surface area contributed by atoms with Gasteiger partial charge in [0.15, 0.2) is 11.5 Å². The van der Waals surface area contributed by atoms with Gasteiger partial charge in [-0.25, -0.2) is 4.79 Å². The molecule has 2 aliphatic carbocycles. The molecule has 7 rings (SSSR count). The molecule has 0 bridgehead atoms. The van der Waals surface area contributed by atoms with Crippen molar-refractivity contribution in [2.24, 2.45) is 22.9 Å². The van der Waals surface area contributed by atoms with Crippen molar-refractivity contribution in [3.63, 3.8) is 0 Å². The van der Waals surface area contributed by atoms with Gasteiger partial charge in [-0.3, -0.25) is 9.88 Å². The molecule has 1 amide bonds. The van der Waals surface area contributed by atoms with Crippen molar-refractivity contribution in [1.82, 2.24) is 9.88 Å². The highest BCUT2D eigenvalue weighted by Crippen LogP contribution is 2.62. The van der Waals surface area contributed by atoms with Gasteiger partial charge in [-0.2, -0.15) is 0 Å². The van der Waals surface area contributed by atoms with Gasteiger partial charge in [0.25, 0.3) is 0 Å². The topological polar surface area (TPSA) is 151 Å². The van der Waals surface area contributed by atoms with Crippen LogP contribution in [0.4, 0.5) is 4.79 Å². The van der Waals surface area contributed by atoms with E-state index >= 15 is 0 Å². The zero-order valence-electron chi connectivity index (χ0n) is 34.4. The Morgan fingerprint density at radius 3 is 2.62 bits per heavy atom. The van der Waals surface area contributed by atoms with Crippen LogP contribution < -0.4 is 18.9 Å². The Labute approximate surface area is 356 Å². The Balaban J connectivity index is 1.41. The lowest BCUT2D eigenvalue weighted by Gasteiger charge is -2.59. The first-order chi connectivity index (χ1) is 29.3. The van der Waals surface area contributed by atoms with Crippen molar-refractivity contribution in [2.75, 3.05) is 46.2 Å². The smallest absolute Gasteiger partial charge is 0.410 e. The van der Waals surface area contributed by atoms with Gasteiger partial charge in [0.05, 0.1) is 29.8 Å². The average molecular weight is 846 g/mol. The third kappa shape index (κ3) is 9.24. The molecule has 3 aromatic rings. The van der Waals surface area contributed by atoms with Crippen LogP contribution in [0.25, 0.3) is 0 Å². The standard InChI is InChI=1S/C46H56ClN3O10/c1-4-21-59-46-42(50(45(53)55-22-18-47)27-31-14-16-40-41(23-31)58-29-57-40)26-38(49-54-3)36-24-32(11-5-7-19-51)35(13-6-8-20-52)43(44(36)46)37-25-34(15-17-39(37)60-46)56-28-33-12-9-10-30(2)48-33/h4,9-10,12,14-17,23-25,32,35,42-44,51-52H,1,5-8,11,13,18-22,26-29H2,2-3H3/t32-,35+,42-,43+,44+,46+/m0/s1. The number of ether oxygens (including phenoxy) is 6. The number of oxime groups is 1. The molecule has 3 heterocycles. The molecule has 1 fully saturated rings. The van der Waals surface area contributed by atoms with E-state index in [1.165, 1.54) is 7.11 Å². The number of aliphatic hydroxyl groups excluding tert-OH is 2. The second-order valence-electron chi connectivity index (χ2n) is 15.6. The van der Waals surface area contributed by atoms with E-state index in [1.807, 2.05) is 55.5 Å². The number of amides is 1. The summed E-state index contributed by atoms with van der Waals surface area (Å²) in [6.45, 7) is 6.77. The quantitative estimate of drug-likeness (QED) is 0.0496. The van der Waals surface area contributed by atoms with Crippen LogP contribution in [0.15, 0.2) is 84.1 Å². The Kier molecular flexibility index (Phi) is 14.5. The SMILES string of the molecule is C=CCO[C@@]12Oc3ccc(OCc4cccc(C)n4)cc3[C@H]3[C@H](CCCCO)[C@@H](CCCCO)C=C(C(=NOC)C[C@@H]1N(Cc1ccc4c(c1)OCO4)C(=O)OCCCl)[C@H]32. The molecule has 1 saturated carbocycles. The molecule has 2 aliphatic heterocycles. The molecule has 322 valence electrons. The van der Waals surface area contributed by atoms with Gasteiger partial charge in [0, 0.05) is 43.4 Å². The molecule has 4 aliphatic rings. The van der Waals surface area contributed by atoms with E-state index in [-0.39, 0.29) is 76.4 Å². The fourth-order valence-corrected chi connectivity index (χ4v) is 9.51. The maximum absolute atomic E-state index is 14.5. The number of aromatic nitrogens is 1. The molecular weight excluding hydrogens is 790 g/mol. The molecule has 0 saturated heterocycles. The zero-order valence-corrected chi connectivity index (χ0v) is 35.2. The molecule has 0 spiro atoms. The number of unbranched alkanes of at least 4 members (excludes halogenated alkanes) is 2. The highest BCUT2D eigenvalue weighted by molar-refractivity contribution is 6.18. The number of carbonyl (C=O) groups is 1. The summed E-state index contributed by atoms with van der Waals surface area (Å²) in [6.07, 6.45) is 8.16. The number of hydrogen-bond donors (Lipinski definition) is 2. The van der Waals surface area contributed by atoms with Crippen LogP contribution in [0.5, 0.6) is 23.0 Å². The van der Waals surface area contributed by atoms with E-state index in [0.29, 0.717) is 41.6 Å². The number of hydrogen-bond acceptors (Lipinski definition) is 12. The third-order valence-corrected chi connectivity index (χ3v) is 12.0. The minimum atomic E-state index is -1.47. The summed E-state index contributed by atoms with van der Waals surface area (Å²) < 4.78 is 37.9. The molecular formula is C46H56ClN3O10. The van der Waals surface area contributed by atoms with Gasteiger partial charge in [-0.15, -0.1) is 18.2 Å². The number of pyridine rings is 1. The maximum Gasteiger partial charge on any atom is 0.410 e. The van der Waals surface area contributed by atoms with Gasteiger partial charge < -0.3 is 43.5 Å². The van der Waals surface area contributed by atoms with Crippen LogP contribution in [0.2, 0.25) is 0 Å². The number of aryl methyl sites for hydroxylation is 1. The lowest BCUT2D eigenvalue weighted by atomic mass is 9.55. The second-order valence-corrected chi connectivity index (χ2v) is 16.0. The van der Waals surface area contributed by atoms with E-state index in [9.17, 15) is 15.0 Å². The molecule has 13 nitrogen and oxygen atoms in total. The first-order valence-electron chi connectivity index (χ1n) is 20.9. The first kappa shape index (κ1) is 43.3. The van der Waals surface area contributed by atoms with Crippen molar-refractivity contribution < 1.29 is 48.3 Å². The average Bonchev–Trinajstić information content (AvgIpc) is 3.73. The summed E-state index contributed by atoms with van der Waals surface area (Å²) >= 11 is 6.08. The number of allylic oxidation sites excluding steroid dienone is 1. The van der Waals surface area contributed by atoms with Crippen LogP contribution in [-0.2, 0) is 27.5 Å². The number of benzene rings is 2. The maximum atomic E-state index is 14.5. The zero-order chi connectivity index (χ0) is 42.1. The number of nitrogens with zero attached hydrogens (tertiary/aromatic N) is 3. The molecule has 0 radical (unpaired) electrons. The van der Waals surface area contributed by atoms with E-state index < -0.39 is 23.8 Å². The summed E-state index contributed by atoms with van der Waals surface area (Å²) in [5.74, 6) is 0.508. The van der Waals surface area contributed by atoms with Crippen LogP contribution in [-0.4, -0.2) is 89.9 Å². The predicted octanol–water partition coefficient (Wildman–Crippen LogP) is 7.84. The number of fused-ring (bicyclic) bond motifs is 3. The Bertz CT molecular complexity index is 2030. The van der Waals surface area contributed by atoms with Crippen molar-refractivity contribution >= 4 is 23.4 Å². The van der Waals surface area contributed by atoms with E-state index in [0.717, 1.165) is 53.8 Å². The second kappa shape index (κ2) is 20.2. The largest absolute Gasteiger partial charge is 0.487 e. The van der Waals surface area contributed by atoms with Crippen molar-refractivity contribution in [2.45, 2.75) is 82.8 Å². The molecule has 60 heavy (non-hydrogen) atoms. The minimum absolute atomic E-state index is 0.00548. The van der Waals surface area contributed by atoms with Crippen molar-refractivity contribution in [3.8, 4) is 23.0 Å². The number of carbonyl (C=O) groups excluding carboxylic acids is 1. The van der Waals surface area contributed by atoms with Crippen LogP contribution in [0, 0.1) is 24.7 Å². The summed E-state index contributed by atoms with van der Waals surface area (Å²) in [7, 11) is 1.52. The van der Waals surface area contributed by atoms with Gasteiger partial charge in [-0.1, -0.05) is 42.3 Å². The number of rotatable bonds is 20. The lowest BCUT2D eigenvalue weighted by Crippen LogP contribution is -2.70. The molecule has 6 atom stereocenters. The fourth-order valence-electron chi connectivity index (χ4n) is 9.43. The highest BCUT2D eigenvalue weighted by atomic mass is 35.5. The lowest BCUT2D eigenvalue weighted by molar-refractivity contribution is -0.256. The predicted molar refractivity (Wildman–Crippen MR) is 225 cm³/mol. The summed E-state index contributed by atoms with van der Waals surface area (Å²) in [5.41, 5.74) is 5.04. The number of aliphatic hydroxyl groups is 2. The van der Waals surface area contributed by atoms with E-state index in [4.69, 9.17) is 44.9 Å². The fraction of sp³-hybridized carbons (Fsp3) is 0.500. The highest BCUT2D eigenvalue weighted by Gasteiger charge is 2.65. The molecule has 14 heteroatoms. The molecule has 2 aromatic carbocycles. The van der Waals surface area contributed by atoms with Gasteiger partial charge in [0.1, 0.15) is 37.9 Å². The van der Waals surface area contributed by atoms with E-state index in [1.54, 1.807) is 11.0 Å². The Morgan fingerprint density at radius 2 is 1.85 bits per heavy atom. The summed E-state index contributed by atoms with van der Waals surface area (Å²) in [4.78, 5) is 26.4. The monoisotopic (exact) mass is 845 g/mol. The first-order valence-corrected chi connectivity index (χ1v) is 21.4. The van der Waals surface area contributed by atoms with Gasteiger partial charge in [0.2, 0.25) is 12.6 Å². The van der Waals surface area contributed by atoms with Gasteiger partial charge >= 0.3 is 6.09 Å². The van der Waals surface area contributed by atoms with Crippen LogP contribution >= 0.6 is 11.6 Å². The third-order valence-electron chi connectivity index (χ3n) is 11.9. The van der Waals surface area contributed by atoms with Gasteiger partial charge in [-0.05, 0) is 98.0 Å². The Morgan fingerprint density at radius 1 is 1.05 bits per heavy atom. The summed E-state index contributed by atoms with van der Waals surface area (Å²) in [5, 5.41) is 24.5. The molecule has 0 unspecified atom stereocenters. The normalized spacial score (nSPS) is 24.1.